The van der Waals surface area contributed by atoms with Gasteiger partial charge in [0.25, 0.3) is 5.56 Å². The lowest BCUT2D eigenvalue weighted by Crippen LogP contribution is -2.25. The van der Waals surface area contributed by atoms with E-state index in [0.717, 1.165) is 11.1 Å². The number of aromatic amines is 1. The van der Waals surface area contributed by atoms with Crippen LogP contribution in [0.1, 0.15) is 5.56 Å². The second-order valence-corrected chi connectivity index (χ2v) is 6.83. The number of carbonyl (C=O) groups excluding carboxylic acids is 1. The van der Waals surface area contributed by atoms with Gasteiger partial charge in [0, 0.05) is 23.2 Å². The Morgan fingerprint density at radius 2 is 1.85 bits per heavy atom. The molecule has 0 atom stereocenters. The Bertz CT molecular complexity index is 960. The van der Waals surface area contributed by atoms with Gasteiger partial charge in [-0.1, -0.05) is 71.9 Å². The molecule has 0 aliphatic carbocycles. The van der Waals surface area contributed by atoms with Crippen LogP contribution in [-0.4, -0.2) is 21.6 Å². The molecule has 26 heavy (non-hydrogen) atoms. The summed E-state index contributed by atoms with van der Waals surface area (Å²) >= 11 is 7.25. The van der Waals surface area contributed by atoms with Crippen molar-refractivity contribution in [2.24, 2.45) is 0 Å². The van der Waals surface area contributed by atoms with Gasteiger partial charge in [-0.15, -0.1) is 0 Å². The molecule has 3 aromatic rings. The highest BCUT2D eigenvalue weighted by Gasteiger charge is 2.08. The van der Waals surface area contributed by atoms with E-state index in [-0.39, 0.29) is 17.2 Å². The van der Waals surface area contributed by atoms with Gasteiger partial charge in [-0.3, -0.25) is 9.59 Å². The Labute approximate surface area is 159 Å². The summed E-state index contributed by atoms with van der Waals surface area (Å²) in [5.74, 6) is -0.0197. The Morgan fingerprint density at radius 1 is 1.12 bits per heavy atom. The number of nitrogens with zero attached hydrogens (tertiary/aromatic N) is 1. The fraction of sp³-hybridized carbons (Fsp3) is 0.105. The van der Waals surface area contributed by atoms with Crippen LogP contribution in [0.15, 0.2) is 70.6 Å². The molecule has 0 radical (unpaired) electrons. The average Bonchev–Trinajstić information content (AvgIpc) is 2.66. The van der Waals surface area contributed by atoms with Crippen molar-refractivity contribution in [3.05, 3.63) is 81.6 Å². The highest BCUT2D eigenvalue weighted by molar-refractivity contribution is 7.99. The van der Waals surface area contributed by atoms with E-state index in [1.54, 1.807) is 6.07 Å². The number of rotatable bonds is 6. The molecule has 2 N–H and O–H groups in total. The Balaban J connectivity index is 1.61. The summed E-state index contributed by atoms with van der Waals surface area (Å²) in [7, 11) is 0. The van der Waals surface area contributed by atoms with E-state index in [9.17, 15) is 9.59 Å². The van der Waals surface area contributed by atoms with Crippen LogP contribution in [0.2, 0.25) is 5.02 Å². The highest BCUT2D eigenvalue weighted by Crippen LogP contribution is 2.18. The van der Waals surface area contributed by atoms with Gasteiger partial charge >= 0.3 is 0 Å². The third kappa shape index (κ3) is 4.97. The SMILES string of the molecule is O=C(CSc1nc(-c2ccccc2)cc(=O)[nH]1)NCc1ccccc1Cl. The maximum atomic E-state index is 12.0. The van der Waals surface area contributed by atoms with E-state index < -0.39 is 0 Å². The summed E-state index contributed by atoms with van der Waals surface area (Å²) in [6.45, 7) is 0.354. The number of benzene rings is 2. The van der Waals surface area contributed by atoms with Crippen LogP contribution < -0.4 is 10.9 Å². The molecule has 132 valence electrons. The summed E-state index contributed by atoms with van der Waals surface area (Å²) in [6.07, 6.45) is 0. The largest absolute Gasteiger partial charge is 0.351 e. The Morgan fingerprint density at radius 3 is 2.62 bits per heavy atom. The van der Waals surface area contributed by atoms with Crippen molar-refractivity contribution in [2.45, 2.75) is 11.7 Å². The second kappa shape index (κ2) is 8.69. The van der Waals surface area contributed by atoms with E-state index in [1.807, 2.05) is 48.5 Å². The van der Waals surface area contributed by atoms with Crippen molar-refractivity contribution in [3.63, 3.8) is 0 Å². The predicted molar refractivity (Wildman–Crippen MR) is 104 cm³/mol. The van der Waals surface area contributed by atoms with E-state index >= 15 is 0 Å². The van der Waals surface area contributed by atoms with Crippen molar-refractivity contribution in [1.29, 1.82) is 0 Å². The van der Waals surface area contributed by atoms with Crippen molar-refractivity contribution >= 4 is 29.3 Å². The standard InChI is InChI=1S/C19H16ClN3O2S/c20-15-9-5-4-8-14(15)11-21-18(25)12-26-19-22-16(10-17(24)23-19)13-6-2-1-3-7-13/h1-10H,11-12H2,(H,21,25)(H,22,23,24). The third-order valence-electron chi connectivity index (χ3n) is 3.56. The normalized spacial score (nSPS) is 10.5. The van der Waals surface area contributed by atoms with E-state index in [4.69, 9.17) is 11.6 Å². The van der Waals surface area contributed by atoms with E-state index in [0.29, 0.717) is 22.4 Å². The molecule has 1 heterocycles. The zero-order chi connectivity index (χ0) is 18.4. The predicted octanol–water partition coefficient (Wildman–Crippen LogP) is 3.50. The smallest absolute Gasteiger partial charge is 0.252 e. The fourth-order valence-electron chi connectivity index (χ4n) is 2.28. The van der Waals surface area contributed by atoms with Crippen molar-refractivity contribution < 1.29 is 4.79 Å². The molecule has 0 spiro atoms. The first-order valence-electron chi connectivity index (χ1n) is 7.91. The first kappa shape index (κ1) is 18.2. The minimum Gasteiger partial charge on any atom is -0.351 e. The van der Waals surface area contributed by atoms with Gasteiger partial charge in [-0.2, -0.15) is 0 Å². The zero-order valence-electron chi connectivity index (χ0n) is 13.7. The van der Waals surface area contributed by atoms with Gasteiger partial charge < -0.3 is 10.3 Å². The number of halogens is 1. The van der Waals surface area contributed by atoms with Gasteiger partial charge in [-0.25, -0.2) is 4.98 Å². The minimum atomic E-state index is -0.252. The van der Waals surface area contributed by atoms with E-state index in [1.165, 1.54) is 17.8 Å². The van der Waals surface area contributed by atoms with Gasteiger partial charge in [0.15, 0.2) is 5.16 Å². The maximum Gasteiger partial charge on any atom is 0.252 e. The molecular formula is C19H16ClN3O2S. The third-order valence-corrected chi connectivity index (χ3v) is 4.81. The Hall–Kier alpha value is -2.57. The zero-order valence-corrected chi connectivity index (χ0v) is 15.3. The summed E-state index contributed by atoms with van der Waals surface area (Å²) in [5.41, 5.74) is 2.03. The van der Waals surface area contributed by atoms with Crippen LogP contribution in [-0.2, 0) is 11.3 Å². The molecule has 0 fully saturated rings. The number of carbonyl (C=O) groups is 1. The number of hydrogen-bond acceptors (Lipinski definition) is 4. The van der Waals surface area contributed by atoms with E-state index in [2.05, 4.69) is 15.3 Å². The number of H-pyrrole nitrogens is 1. The van der Waals surface area contributed by atoms with Gasteiger partial charge in [-0.05, 0) is 11.6 Å². The monoisotopic (exact) mass is 385 g/mol. The molecule has 5 nitrogen and oxygen atoms in total. The summed E-state index contributed by atoms with van der Waals surface area (Å²) < 4.78 is 0. The van der Waals surface area contributed by atoms with Crippen molar-refractivity contribution in [1.82, 2.24) is 15.3 Å². The molecule has 0 unspecified atom stereocenters. The topological polar surface area (TPSA) is 74.8 Å². The number of nitrogens with one attached hydrogen (secondary N) is 2. The van der Waals surface area contributed by atoms with Crippen molar-refractivity contribution in [2.75, 3.05) is 5.75 Å². The number of aromatic nitrogens is 2. The molecule has 2 aromatic carbocycles. The fourth-order valence-corrected chi connectivity index (χ4v) is 3.19. The number of amides is 1. The van der Waals surface area contributed by atoms with Crippen LogP contribution in [0.25, 0.3) is 11.3 Å². The summed E-state index contributed by atoms with van der Waals surface area (Å²) in [6, 6.07) is 18.2. The molecule has 0 bridgehead atoms. The first-order chi connectivity index (χ1) is 12.6. The molecular weight excluding hydrogens is 370 g/mol. The summed E-state index contributed by atoms with van der Waals surface area (Å²) in [5, 5.41) is 3.83. The lowest BCUT2D eigenvalue weighted by atomic mass is 10.1. The molecule has 0 saturated heterocycles. The first-order valence-corrected chi connectivity index (χ1v) is 9.28. The molecule has 3 rings (SSSR count). The lowest BCUT2D eigenvalue weighted by Gasteiger charge is -2.07. The molecule has 0 saturated carbocycles. The van der Waals surface area contributed by atoms with Gasteiger partial charge in [0.1, 0.15) is 0 Å². The van der Waals surface area contributed by atoms with Crippen LogP contribution >= 0.6 is 23.4 Å². The number of thioether (sulfide) groups is 1. The average molecular weight is 386 g/mol. The minimum absolute atomic E-state index is 0.144. The van der Waals surface area contributed by atoms with Gasteiger partial charge in [0.2, 0.25) is 5.91 Å². The van der Waals surface area contributed by atoms with Crippen LogP contribution in [0.3, 0.4) is 0 Å². The number of hydrogen-bond donors (Lipinski definition) is 2. The van der Waals surface area contributed by atoms with Gasteiger partial charge in [0.05, 0.1) is 11.4 Å². The second-order valence-electron chi connectivity index (χ2n) is 5.46. The molecule has 1 amide bonds. The molecule has 0 aliphatic heterocycles. The Kier molecular flexibility index (Phi) is 6.09. The summed E-state index contributed by atoms with van der Waals surface area (Å²) in [4.78, 5) is 31.0. The molecule has 1 aromatic heterocycles. The van der Waals surface area contributed by atoms with Crippen molar-refractivity contribution in [3.8, 4) is 11.3 Å². The van der Waals surface area contributed by atoms with Crippen LogP contribution in [0, 0.1) is 0 Å². The maximum absolute atomic E-state index is 12.0. The molecule has 0 aliphatic rings. The lowest BCUT2D eigenvalue weighted by molar-refractivity contribution is -0.118. The quantitative estimate of drug-likeness (QED) is 0.503. The van der Waals surface area contributed by atoms with Crippen LogP contribution in [0.5, 0.6) is 0 Å². The highest BCUT2D eigenvalue weighted by atomic mass is 35.5. The van der Waals surface area contributed by atoms with Crippen LogP contribution in [0.4, 0.5) is 0 Å². The molecule has 7 heteroatoms.